The summed E-state index contributed by atoms with van der Waals surface area (Å²) in [5.41, 5.74) is -0.0273. The molecule has 0 spiro atoms. The second-order valence-electron chi connectivity index (χ2n) is 5.53. The molecular weight excluding hydrogens is 342 g/mol. The van der Waals surface area contributed by atoms with E-state index in [-0.39, 0.29) is 37.7 Å². The lowest BCUT2D eigenvalue weighted by molar-refractivity contribution is -0.122. The average Bonchev–Trinajstić information content (AvgIpc) is 2.60. The minimum absolute atomic E-state index is 0.0273. The van der Waals surface area contributed by atoms with Crippen LogP contribution in [0, 0.1) is 11.6 Å². The first kappa shape index (κ1) is 19.4. The van der Waals surface area contributed by atoms with Gasteiger partial charge in [-0.2, -0.15) is 0 Å². The van der Waals surface area contributed by atoms with E-state index in [1.165, 1.54) is 13.0 Å². The predicted octanol–water partition coefficient (Wildman–Crippen LogP) is 2.90. The maximum absolute atomic E-state index is 13.8. The minimum atomic E-state index is -0.831. The Morgan fingerprint density at radius 3 is 2.50 bits per heavy atom. The molecule has 0 saturated heterocycles. The Hall–Kier alpha value is -2.96. The average molecular weight is 362 g/mol. The van der Waals surface area contributed by atoms with E-state index in [9.17, 15) is 18.4 Å². The Balaban J connectivity index is 1.78. The highest BCUT2D eigenvalue weighted by molar-refractivity contribution is 5.91. The highest BCUT2D eigenvalue weighted by Crippen LogP contribution is 2.20. The van der Waals surface area contributed by atoms with Crippen molar-refractivity contribution in [3.05, 3.63) is 60.2 Å². The van der Waals surface area contributed by atoms with E-state index in [1.54, 1.807) is 12.1 Å². The number of halogens is 2. The zero-order chi connectivity index (χ0) is 18.9. The van der Waals surface area contributed by atoms with Gasteiger partial charge >= 0.3 is 0 Å². The van der Waals surface area contributed by atoms with Crippen LogP contribution in [-0.2, 0) is 9.59 Å². The summed E-state index contributed by atoms with van der Waals surface area (Å²) in [6.07, 6.45) is 0.153. The van der Waals surface area contributed by atoms with Crippen LogP contribution in [0.2, 0.25) is 0 Å². The van der Waals surface area contributed by atoms with Crippen LogP contribution in [0.15, 0.2) is 48.5 Å². The fourth-order valence-electron chi connectivity index (χ4n) is 2.32. The zero-order valence-corrected chi connectivity index (χ0v) is 14.4. The van der Waals surface area contributed by atoms with Crippen LogP contribution in [0.1, 0.15) is 13.3 Å². The van der Waals surface area contributed by atoms with Crippen LogP contribution >= 0.6 is 0 Å². The maximum atomic E-state index is 13.8. The van der Waals surface area contributed by atoms with Crippen LogP contribution in [0.3, 0.4) is 0 Å². The van der Waals surface area contributed by atoms with Gasteiger partial charge < -0.3 is 15.0 Å². The van der Waals surface area contributed by atoms with Gasteiger partial charge in [-0.05, 0) is 24.3 Å². The van der Waals surface area contributed by atoms with Gasteiger partial charge in [-0.1, -0.05) is 18.2 Å². The summed E-state index contributed by atoms with van der Waals surface area (Å²) >= 11 is 0. The molecule has 2 aromatic rings. The summed E-state index contributed by atoms with van der Waals surface area (Å²) in [6, 6.07) is 12.1. The molecule has 0 radical (unpaired) electrons. The van der Waals surface area contributed by atoms with Crippen molar-refractivity contribution < 1.29 is 23.1 Å². The number of hydrogen-bond acceptors (Lipinski definition) is 3. The molecule has 0 saturated carbocycles. The van der Waals surface area contributed by atoms with Crippen molar-refractivity contribution in [3.63, 3.8) is 0 Å². The SMILES string of the molecule is CC(=O)N(CCNC(=O)CCOc1ccccc1)c1ccc(F)cc1F. The molecule has 0 heterocycles. The Kier molecular flexibility index (Phi) is 7.08. The van der Waals surface area contributed by atoms with Gasteiger partial charge in [0.15, 0.2) is 0 Å². The molecule has 7 heteroatoms. The molecule has 2 amide bonds. The normalized spacial score (nSPS) is 10.3. The minimum Gasteiger partial charge on any atom is -0.493 e. The molecule has 0 unspecified atom stereocenters. The van der Waals surface area contributed by atoms with Crippen LogP contribution < -0.4 is 15.0 Å². The van der Waals surface area contributed by atoms with Gasteiger partial charge in [0.25, 0.3) is 0 Å². The molecule has 0 bridgehead atoms. The summed E-state index contributed by atoms with van der Waals surface area (Å²) in [4.78, 5) is 24.7. The second-order valence-corrected chi connectivity index (χ2v) is 5.53. The number of amides is 2. The molecule has 0 fully saturated rings. The first-order valence-corrected chi connectivity index (χ1v) is 8.15. The molecule has 26 heavy (non-hydrogen) atoms. The van der Waals surface area contributed by atoms with Crippen molar-refractivity contribution in [2.75, 3.05) is 24.6 Å². The van der Waals surface area contributed by atoms with E-state index >= 15 is 0 Å². The third kappa shape index (κ3) is 5.84. The number of para-hydroxylation sites is 1. The number of nitrogens with zero attached hydrogens (tertiary/aromatic N) is 1. The van der Waals surface area contributed by atoms with Gasteiger partial charge in [-0.25, -0.2) is 8.78 Å². The number of anilines is 1. The lowest BCUT2D eigenvalue weighted by atomic mass is 10.2. The van der Waals surface area contributed by atoms with Crippen molar-refractivity contribution in [1.82, 2.24) is 5.32 Å². The highest BCUT2D eigenvalue weighted by atomic mass is 19.1. The molecule has 2 rings (SSSR count). The molecule has 0 atom stereocenters. The smallest absolute Gasteiger partial charge is 0.224 e. The van der Waals surface area contributed by atoms with E-state index in [2.05, 4.69) is 5.32 Å². The van der Waals surface area contributed by atoms with E-state index in [1.807, 2.05) is 18.2 Å². The van der Waals surface area contributed by atoms with Crippen LogP contribution in [0.25, 0.3) is 0 Å². The summed E-state index contributed by atoms with van der Waals surface area (Å²) in [7, 11) is 0. The molecule has 138 valence electrons. The topological polar surface area (TPSA) is 58.6 Å². The largest absolute Gasteiger partial charge is 0.493 e. The molecule has 2 aromatic carbocycles. The number of nitrogens with one attached hydrogen (secondary N) is 1. The lowest BCUT2D eigenvalue weighted by Gasteiger charge is -2.22. The van der Waals surface area contributed by atoms with Gasteiger partial charge in [-0.15, -0.1) is 0 Å². The summed E-state index contributed by atoms with van der Waals surface area (Å²) in [5, 5.41) is 2.65. The highest BCUT2D eigenvalue weighted by Gasteiger charge is 2.16. The van der Waals surface area contributed by atoms with Gasteiger partial charge in [0.2, 0.25) is 11.8 Å². The summed E-state index contributed by atoms with van der Waals surface area (Å²) in [6.45, 7) is 1.71. The lowest BCUT2D eigenvalue weighted by Crippen LogP contribution is -2.38. The Morgan fingerprint density at radius 1 is 1.12 bits per heavy atom. The number of carbonyl (C=O) groups excluding carboxylic acids is 2. The Morgan fingerprint density at radius 2 is 1.85 bits per heavy atom. The number of rotatable bonds is 8. The summed E-state index contributed by atoms with van der Waals surface area (Å²) in [5.74, 6) is -1.53. The Labute approximate surface area is 150 Å². The van der Waals surface area contributed by atoms with Crippen molar-refractivity contribution in [2.45, 2.75) is 13.3 Å². The monoisotopic (exact) mass is 362 g/mol. The maximum Gasteiger partial charge on any atom is 0.224 e. The summed E-state index contributed by atoms with van der Waals surface area (Å²) < 4.78 is 32.3. The van der Waals surface area contributed by atoms with Gasteiger partial charge in [0, 0.05) is 26.1 Å². The van der Waals surface area contributed by atoms with Crippen molar-refractivity contribution in [3.8, 4) is 5.75 Å². The van der Waals surface area contributed by atoms with E-state index < -0.39 is 17.5 Å². The fourth-order valence-corrected chi connectivity index (χ4v) is 2.32. The molecule has 5 nitrogen and oxygen atoms in total. The number of hydrogen-bond donors (Lipinski definition) is 1. The van der Waals surface area contributed by atoms with E-state index in [0.29, 0.717) is 11.8 Å². The third-order valence-electron chi connectivity index (χ3n) is 3.58. The van der Waals surface area contributed by atoms with Crippen molar-refractivity contribution in [1.29, 1.82) is 0 Å². The quantitative estimate of drug-likeness (QED) is 0.786. The number of carbonyl (C=O) groups is 2. The zero-order valence-electron chi connectivity index (χ0n) is 14.4. The van der Waals surface area contributed by atoms with Crippen LogP contribution in [0.4, 0.5) is 14.5 Å². The standard InChI is InChI=1S/C19H20F2N2O3/c1-14(24)23(18-8-7-15(20)13-17(18)21)11-10-22-19(25)9-12-26-16-5-3-2-4-6-16/h2-8,13H,9-12H2,1H3,(H,22,25). The second kappa shape index (κ2) is 9.50. The van der Waals surface area contributed by atoms with E-state index in [0.717, 1.165) is 11.0 Å². The van der Waals surface area contributed by atoms with Crippen LogP contribution in [0.5, 0.6) is 5.75 Å². The third-order valence-corrected chi connectivity index (χ3v) is 3.58. The molecule has 0 aliphatic rings. The molecule has 0 aliphatic heterocycles. The molecule has 1 N–H and O–H groups in total. The van der Waals surface area contributed by atoms with E-state index in [4.69, 9.17) is 4.74 Å². The van der Waals surface area contributed by atoms with Gasteiger partial charge in [0.05, 0.1) is 18.7 Å². The first-order chi connectivity index (χ1) is 12.5. The number of ether oxygens (including phenoxy) is 1. The van der Waals surface area contributed by atoms with Gasteiger partial charge in [0.1, 0.15) is 17.4 Å². The number of benzene rings is 2. The van der Waals surface area contributed by atoms with Crippen LogP contribution in [-0.4, -0.2) is 31.5 Å². The molecular formula is C19H20F2N2O3. The first-order valence-electron chi connectivity index (χ1n) is 8.15. The predicted molar refractivity (Wildman–Crippen MR) is 93.9 cm³/mol. The molecule has 0 aliphatic carbocycles. The molecule has 0 aromatic heterocycles. The van der Waals surface area contributed by atoms with Crippen molar-refractivity contribution in [2.24, 2.45) is 0 Å². The van der Waals surface area contributed by atoms with Gasteiger partial charge in [-0.3, -0.25) is 9.59 Å². The fraction of sp³-hybridized carbons (Fsp3) is 0.263. The Bertz CT molecular complexity index is 754. The van der Waals surface area contributed by atoms with Crippen molar-refractivity contribution >= 4 is 17.5 Å².